The summed E-state index contributed by atoms with van der Waals surface area (Å²) in [5, 5.41) is 8.83. The van der Waals surface area contributed by atoms with Crippen LogP contribution in [0, 0.1) is 6.92 Å². The van der Waals surface area contributed by atoms with Crippen molar-refractivity contribution in [3.63, 3.8) is 0 Å². The number of nitrogens with one attached hydrogen (secondary N) is 1. The van der Waals surface area contributed by atoms with Gasteiger partial charge in [0.05, 0.1) is 24.1 Å². The van der Waals surface area contributed by atoms with Gasteiger partial charge in [-0.05, 0) is 55.2 Å². The monoisotopic (exact) mass is 474 g/mol. The Kier molecular flexibility index (Phi) is 6.66. The van der Waals surface area contributed by atoms with Gasteiger partial charge in [-0.25, -0.2) is 0 Å². The van der Waals surface area contributed by atoms with E-state index in [4.69, 9.17) is 9.47 Å². The van der Waals surface area contributed by atoms with Gasteiger partial charge >= 0.3 is 0 Å². The summed E-state index contributed by atoms with van der Waals surface area (Å²) >= 11 is 0. The van der Waals surface area contributed by atoms with Gasteiger partial charge in [-0.3, -0.25) is 10.00 Å². The normalized spacial score (nSPS) is 21.0. The molecule has 2 aliphatic heterocycles. The lowest BCUT2D eigenvalue weighted by atomic mass is 9.94. The highest BCUT2D eigenvalue weighted by molar-refractivity contribution is 5.92. The number of ether oxygens (including phenoxy) is 2. The van der Waals surface area contributed by atoms with Gasteiger partial charge in [-0.15, -0.1) is 0 Å². The number of benzene rings is 2. The first-order valence-corrected chi connectivity index (χ1v) is 13.6. The average Bonchev–Trinajstić information content (AvgIpc) is 3.31. The van der Waals surface area contributed by atoms with E-state index in [1.54, 1.807) is 0 Å². The molecule has 35 heavy (non-hydrogen) atoms. The topological polar surface area (TPSA) is 53.6 Å². The zero-order valence-electron chi connectivity index (χ0n) is 21.0. The third-order valence-corrected chi connectivity index (χ3v) is 8.21. The van der Waals surface area contributed by atoms with E-state index < -0.39 is 0 Å². The molecule has 0 spiro atoms. The maximum absolute atomic E-state index is 6.53. The van der Waals surface area contributed by atoms with Gasteiger partial charge in [-0.2, -0.15) is 5.10 Å². The number of hydrogen-bond acceptors (Lipinski definition) is 5. The maximum Gasteiger partial charge on any atom is 0.131 e. The molecular formula is C29H38N4O2. The smallest absolute Gasteiger partial charge is 0.131 e. The highest BCUT2D eigenvalue weighted by atomic mass is 16.5. The molecule has 0 atom stereocenters. The Labute approximate surface area is 208 Å². The number of rotatable bonds is 5. The number of aryl methyl sites for hydroxylation is 1. The van der Waals surface area contributed by atoms with Crippen LogP contribution in [0.15, 0.2) is 36.4 Å². The lowest BCUT2D eigenvalue weighted by Crippen LogP contribution is -2.50. The molecule has 0 radical (unpaired) electrons. The predicted octanol–water partition coefficient (Wildman–Crippen LogP) is 5.55. The third-order valence-electron chi connectivity index (χ3n) is 8.21. The van der Waals surface area contributed by atoms with Crippen LogP contribution >= 0.6 is 0 Å². The number of piperazine rings is 1. The molecule has 6 nitrogen and oxygen atoms in total. The van der Waals surface area contributed by atoms with Crippen molar-refractivity contribution in [2.24, 2.45) is 0 Å². The number of anilines is 1. The zero-order valence-corrected chi connectivity index (χ0v) is 21.0. The number of aromatic nitrogens is 2. The lowest BCUT2D eigenvalue weighted by molar-refractivity contribution is 0.0262. The number of aromatic amines is 1. The number of hydrogen-bond donors (Lipinski definition) is 1. The second-order valence-electron chi connectivity index (χ2n) is 10.5. The Morgan fingerprint density at radius 3 is 2.51 bits per heavy atom. The SMILES string of the molecule is Cc1[nH]nc2cc(-c3cccc(N4CCN(C5CCCCC5)CC4)c3)cc(OC3CCOCC3)c12. The molecule has 0 amide bonds. The van der Waals surface area contributed by atoms with E-state index in [-0.39, 0.29) is 6.10 Å². The number of H-pyrrole nitrogens is 1. The van der Waals surface area contributed by atoms with Crippen molar-refractivity contribution < 1.29 is 9.47 Å². The minimum absolute atomic E-state index is 0.197. The van der Waals surface area contributed by atoms with Crippen LogP contribution in [-0.2, 0) is 4.74 Å². The molecule has 1 aromatic heterocycles. The van der Waals surface area contributed by atoms with Crippen molar-refractivity contribution in [3.05, 3.63) is 42.1 Å². The highest BCUT2D eigenvalue weighted by Crippen LogP contribution is 2.36. The molecule has 1 aliphatic carbocycles. The number of fused-ring (bicyclic) bond motifs is 1. The highest BCUT2D eigenvalue weighted by Gasteiger charge is 2.25. The van der Waals surface area contributed by atoms with Crippen molar-refractivity contribution in [1.82, 2.24) is 15.1 Å². The molecule has 3 aromatic rings. The van der Waals surface area contributed by atoms with Crippen molar-refractivity contribution in [1.29, 1.82) is 0 Å². The second-order valence-corrected chi connectivity index (χ2v) is 10.5. The fraction of sp³-hybridized carbons (Fsp3) is 0.552. The summed E-state index contributed by atoms with van der Waals surface area (Å²) < 4.78 is 12.1. The maximum atomic E-state index is 6.53. The zero-order chi connectivity index (χ0) is 23.6. The molecule has 0 bridgehead atoms. The summed E-state index contributed by atoms with van der Waals surface area (Å²) in [6.45, 7) is 8.18. The molecule has 1 saturated carbocycles. The lowest BCUT2D eigenvalue weighted by Gasteiger charge is -2.41. The standard InChI is InChI=1S/C29H38N4O2/c1-21-29-27(31-30-21)19-23(20-28(29)35-26-10-16-34-17-11-26)22-6-5-9-25(18-22)33-14-12-32(13-15-33)24-7-3-2-4-8-24/h5-6,9,18-20,24,26H,2-4,7-8,10-17H2,1H3,(H,30,31). The van der Waals surface area contributed by atoms with Crippen LogP contribution < -0.4 is 9.64 Å². The Morgan fingerprint density at radius 1 is 0.914 bits per heavy atom. The molecule has 3 fully saturated rings. The number of nitrogens with zero attached hydrogens (tertiary/aromatic N) is 3. The van der Waals surface area contributed by atoms with E-state index in [1.165, 1.54) is 56.4 Å². The van der Waals surface area contributed by atoms with Gasteiger partial charge in [0, 0.05) is 56.4 Å². The predicted molar refractivity (Wildman–Crippen MR) is 141 cm³/mol. The Morgan fingerprint density at radius 2 is 1.71 bits per heavy atom. The van der Waals surface area contributed by atoms with E-state index in [0.717, 1.165) is 73.1 Å². The summed E-state index contributed by atoms with van der Waals surface area (Å²) in [6, 6.07) is 14.2. The fourth-order valence-electron chi connectivity index (χ4n) is 6.17. The van der Waals surface area contributed by atoms with Gasteiger partial charge in [-0.1, -0.05) is 31.4 Å². The van der Waals surface area contributed by atoms with E-state index >= 15 is 0 Å². The van der Waals surface area contributed by atoms with Crippen molar-refractivity contribution >= 4 is 16.6 Å². The summed E-state index contributed by atoms with van der Waals surface area (Å²) in [4.78, 5) is 5.30. The van der Waals surface area contributed by atoms with Crippen LogP contribution in [0.5, 0.6) is 5.75 Å². The van der Waals surface area contributed by atoms with Crippen molar-refractivity contribution in [2.45, 2.75) is 64.0 Å². The largest absolute Gasteiger partial charge is 0.489 e. The van der Waals surface area contributed by atoms with Gasteiger partial charge < -0.3 is 14.4 Å². The Hall–Kier alpha value is -2.57. The van der Waals surface area contributed by atoms with E-state index in [0.29, 0.717) is 0 Å². The molecule has 6 heteroatoms. The molecule has 186 valence electrons. The molecule has 6 rings (SSSR count). The van der Waals surface area contributed by atoms with Crippen LogP contribution in [0.3, 0.4) is 0 Å². The molecule has 2 aromatic carbocycles. The minimum atomic E-state index is 0.197. The summed E-state index contributed by atoms with van der Waals surface area (Å²) in [6.07, 6.45) is 9.10. The molecule has 3 aliphatic rings. The van der Waals surface area contributed by atoms with E-state index in [2.05, 4.69) is 63.3 Å². The van der Waals surface area contributed by atoms with Gasteiger partial charge in [0.2, 0.25) is 0 Å². The quantitative estimate of drug-likeness (QED) is 0.525. The summed E-state index contributed by atoms with van der Waals surface area (Å²) in [5.41, 5.74) is 5.72. The Balaban J connectivity index is 1.22. The average molecular weight is 475 g/mol. The van der Waals surface area contributed by atoms with E-state index in [1.807, 2.05) is 0 Å². The third kappa shape index (κ3) is 4.91. The second kappa shape index (κ2) is 10.2. The first-order valence-electron chi connectivity index (χ1n) is 13.6. The van der Waals surface area contributed by atoms with Crippen LogP contribution in [0.4, 0.5) is 5.69 Å². The molecule has 3 heterocycles. The van der Waals surface area contributed by atoms with Gasteiger partial charge in [0.25, 0.3) is 0 Å². The van der Waals surface area contributed by atoms with Gasteiger partial charge in [0.15, 0.2) is 0 Å². The molecule has 1 N–H and O–H groups in total. The van der Waals surface area contributed by atoms with Crippen molar-refractivity contribution in [3.8, 4) is 16.9 Å². The minimum Gasteiger partial charge on any atom is -0.489 e. The van der Waals surface area contributed by atoms with Crippen LogP contribution in [0.25, 0.3) is 22.0 Å². The van der Waals surface area contributed by atoms with E-state index in [9.17, 15) is 0 Å². The van der Waals surface area contributed by atoms with Crippen LogP contribution in [0.2, 0.25) is 0 Å². The Bertz CT molecular complexity index is 1140. The summed E-state index contributed by atoms with van der Waals surface area (Å²) in [5.74, 6) is 0.933. The van der Waals surface area contributed by atoms with Crippen LogP contribution in [-0.4, -0.2) is 66.6 Å². The van der Waals surface area contributed by atoms with Crippen molar-refractivity contribution in [2.75, 3.05) is 44.3 Å². The first kappa shape index (κ1) is 22.9. The molecule has 0 unspecified atom stereocenters. The fourth-order valence-corrected chi connectivity index (χ4v) is 6.17. The summed E-state index contributed by atoms with van der Waals surface area (Å²) in [7, 11) is 0. The molecule has 2 saturated heterocycles. The molecular weight excluding hydrogens is 436 g/mol. The van der Waals surface area contributed by atoms with Gasteiger partial charge in [0.1, 0.15) is 11.9 Å². The first-order chi connectivity index (χ1) is 17.2. The van der Waals surface area contributed by atoms with Crippen LogP contribution in [0.1, 0.15) is 50.6 Å².